The fraction of sp³-hybridized carbons (Fsp3) is 0.545. The minimum atomic E-state index is -1.14. The van der Waals surface area contributed by atoms with Crippen LogP contribution in [0, 0.1) is 6.92 Å². The summed E-state index contributed by atoms with van der Waals surface area (Å²) in [7, 11) is 1.27. The number of esters is 1. The first kappa shape index (κ1) is 11.0. The van der Waals surface area contributed by atoms with Crippen LogP contribution in [0.4, 0.5) is 0 Å². The zero-order valence-corrected chi connectivity index (χ0v) is 9.30. The van der Waals surface area contributed by atoms with Gasteiger partial charge >= 0.3 is 5.97 Å². The molecule has 16 heavy (non-hydrogen) atoms. The molecule has 5 nitrogen and oxygen atoms in total. The minimum Gasteiger partial charge on any atom is -0.467 e. The lowest BCUT2D eigenvalue weighted by molar-refractivity contribution is -0.152. The second-order valence-electron chi connectivity index (χ2n) is 4.12. The monoisotopic (exact) mass is 222 g/mol. The highest BCUT2D eigenvalue weighted by Crippen LogP contribution is 2.50. The molecule has 5 heteroatoms. The summed E-state index contributed by atoms with van der Waals surface area (Å²) >= 11 is 0. The van der Waals surface area contributed by atoms with Gasteiger partial charge in [-0.3, -0.25) is 9.97 Å². The van der Waals surface area contributed by atoms with Crippen LogP contribution >= 0.6 is 0 Å². The third-order valence-electron chi connectivity index (χ3n) is 3.03. The summed E-state index contributed by atoms with van der Waals surface area (Å²) in [5.41, 5.74) is 0.899. The van der Waals surface area contributed by atoms with Crippen molar-refractivity contribution in [2.24, 2.45) is 0 Å². The summed E-state index contributed by atoms with van der Waals surface area (Å²) in [5, 5.41) is 9.89. The summed E-state index contributed by atoms with van der Waals surface area (Å²) in [6.07, 6.45) is 3.59. The largest absolute Gasteiger partial charge is 0.467 e. The first-order valence-electron chi connectivity index (χ1n) is 5.15. The van der Waals surface area contributed by atoms with Crippen molar-refractivity contribution in [3.63, 3.8) is 0 Å². The van der Waals surface area contributed by atoms with E-state index in [4.69, 9.17) is 0 Å². The van der Waals surface area contributed by atoms with Crippen LogP contribution in [0.5, 0.6) is 0 Å². The molecule has 1 heterocycles. The Morgan fingerprint density at radius 2 is 2.19 bits per heavy atom. The molecule has 1 aromatic rings. The van der Waals surface area contributed by atoms with Crippen LogP contribution in [-0.2, 0) is 14.9 Å². The average molecular weight is 222 g/mol. The molecule has 0 aromatic carbocycles. The van der Waals surface area contributed by atoms with Gasteiger partial charge in [0.25, 0.3) is 0 Å². The highest BCUT2D eigenvalue weighted by atomic mass is 16.5. The fourth-order valence-electron chi connectivity index (χ4n) is 1.79. The summed E-state index contributed by atoms with van der Waals surface area (Å²) in [4.78, 5) is 19.7. The quantitative estimate of drug-likeness (QED) is 0.747. The lowest BCUT2D eigenvalue weighted by Crippen LogP contribution is -2.35. The maximum Gasteiger partial charge on any atom is 0.335 e. The maximum absolute atomic E-state index is 11.3. The molecule has 0 bridgehead atoms. The first-order chi connectivity index (χ1) is 7.60. The van der Waals surface area contributed by atoms with Crippen molar-refractivity contribution in [3.05, 3.63) is 23.8 Å². The van der Waals surface area contributed by atoms with Crippen molar-refractivity contribution in [2.75, 3.05) is 7.11 Å². The highest BCUT2D eigenvalue weighted by molar-refractivity contribution is 5.77. The van der Waals surface area contributed by atoms with Gasteiger partial charge in [-0.2, -0.15) is 0 Å². The second kappa shape index (κ2) is 3.83. The van der Waals surface area contributed by atoms with Crippen molar-refractivity contribution < 1.29 is 14.6 Å². The van der Waals surface area contributed by atoms with E-state index < -0.39 is 17.5 Å². The van der Waals surface area contributed by atoms with Gasteiger partial charge in [0.15, 0.2) is 6.10 Å². The molecule has 1 atom stereocenters. The molecule has 2 rings (SSSR count). The number of ether oxygens (including phenoxy) is 1. The molecule has 1 N–H and O–H groups in total. The van der Waals surface area contributed by atoms with E-state index in [1.165, 1.54) is 7.11 Å². The Labute approximate surface area is 93.5 Å². The van der Waals surface area contributed by atoms with Gasteiger partial charge in [0.2, 0.25) is 0 Å². The molecule has 1 saturated carbocycles. The van der Waals surface area contributed by atoms with Gasteiger partial charge in [-0.1, -0.05) is 0 Å². The lowest BCUT2D eigenvalue weighted by atomic mass is 9.95. The van der Waals surface area contributed by atoms with Crippen molar-refractivity contribution >= 4 is 5.97 Å². The Bertz CT molecular complexity index is 398. The van der Waals surface area contributed by atoms with E-state index in [-0.39, 0.29) is 0 Å². The van der Waals surface area contributed by atoms with Gasteiger partial charge in [-0.15, -0.1) is 0 Å². The zero-order valence-electron chi connectivity index (χ0n) is 9.30. The molecule has 0 spiro atoms. The van der Waals surface area contributed by atoms with Crippen LogP contribution in [0.1, 0.15) is 24.2 Å². The number of aliphatic hydroxyl groups is 1. The maximum atomic E-state index is 11.3. The van der Waals surface area contributed by atoms with E-state index >= 15 is 0 Å². The molecular formula is C11H14N2O3. The van der Waals surface area contributed by atoms with Gasteiger partial charge < -0.3 is 9.84 Å². The summed E-state index contributed by atoms with van der Waals surface area (Å²) in [6.45, 7) is 1.84. The van der Waals surface area contributed by atoms with Crippen LogP contribution in [-0.4, -0.2) is 34.3 Å². The number of aromatic nitrogens is 2. The molecule has 0 amide bonds. The van der Waals surface area contributed by atoms with E-state index in [0.29, 0.717) is 5.69 Å². The number of hydrogen-bond donors (Lipinski definition) is 1. The third-order valence-corrected chi connectivity index (χ3v) is 3.03. The Morgan fingerprint density at radius 3 is 2.62 bits per heavy atom. The molecular weight excluding hydrogens is 208 g/mol. The van der Waals surface area contributed by atoms with Crippen LogP contribution in [0.25, 0.3) is 0 Å². The molecule has 0 radical (unpaired) electrons. The molecule has 1 aliphatic rings. The molecule has 1 aromatic heterocycles. The highest BCUT2D eigenvalue weighted by Gasteiger charge is 2.55. The third kappa shape index (κ3) is 1.67. The van der Waals surface area contributed by atoms with Crippen LogP contribution < -0.4 is 0 Å². The number of carbonyl (C=O) groups excluding carboxylic acids is 1. The van der Waals surface area contributed by atoms with E-state index in [2.05, 4.69) is 14.7 Å². The van der Waals surface area contributed by atoms with Gasteiger partial charge in [-0.05, 0) is 19.8 Å². The number of nitrogens with zero attached hydrogens (tertiary/aromatic N) is 2. The van der Waals surface area contributed by atoms with E-state index in [1.54, 1.807) is 12.4 Å². The van der Waals surface area contributed by atoms with Crippen LogP contribution in [0.15, 0.2) is 12.4 Å². The van der Waals surface area contributed by atoms with Gasteiger partial charge in [0, 0.05) is 12.4 Å². The summed E-state index contributed by atoms with van der Waals surface area (Å²) < 4.78 is 4.55. The van der Waals surface area contributed by atoms with Crippen molar-refractivity contribution in [3.8, 4) is 0 Å². The van der Waals surface area contributed by atoms with Gasteiger partial charge in [-0.25, -0.2) is 4.79 Å². The fourth-order valence-corrected chi connectivity index (χ4v) is 1.79. The standard InChI is InChI=1S/C11H14N2O3/c1-7-5-13-8(6-12-7)11(3-4-11)9(14)10(15)16-2/h5-6,9,14H,3-4H2,1-2H3. The molecule has 86 valence electrons. The predicted molar refractivity (Wildman–Crippen MR) is 55.7 cm³/mol. The Morgan fingerprint density at radius 1 is 1.50 bits per heavy atom. The zero-order chi connectivity index (χ0) is 11.8. The topological polar surface area (TPSA) is 72.3 Å². The van der Waals surface area contributed by atoms with Gasteiger partial charge in [0.1, 0.15) is 0 Å². The molecule has 1 unspecified atom stereocenters. The van der Waals surface area contributed by atoms with E-state index in [9.17, 15) is 9.90 Å². The SMILES string of the molecule is COC(=O)C(O)C1(c2cnc(C)cn2)CC1. The molecule has 1 aliphatic carbocycles. The second-order valence-corrected chi connectivity index (χ2v) is 4.12. The van der Waals surface area contributed by atoms with E-state index in [0.717, 1.165) is 18.5 Å². The number of rotatable bonds is 3. The summed E-state index contributed by atoms with van der Waals surface area (Å²) in [5.74, 6) is -0.611. The minimum absolute atomic E-state index is 0.576. The average Bonchev–Trinajstić information content (AvgIpc) is 3.09. The molecule has 0 saturated heterocycles. The van der Waals surface area contributed by atoms with Crippen molar-refractivity contribution in [1.29, 1.82) is 0 Å². The summed E-state index contributed by atoms with van der Waals surface area (Å²) in [6, 6.07) is 0. The van der Waals surface area contributed by atoms with Crippen LogP contribution in [0.3, 0.4) is 0 Å². The Kier molecular flexibility index (Phi) is 2.63. The number of hydrogen-bond acceptors (Lipinski definition) is 5. The number of aliphatic hydroxyl groups excluding tert-OH is 1. The normalized spacial score (nSPS) is 18.9. The molecule has 0 aliphatic heterocycles. The van der Waals surface area contributed by atoms with E-state index in [1.807, 2.05) is 6.92 Å². The van der Waals surface area contributed by atoms with Crippen molar-refractivity contribution in [1.82, 2.24) is 9.97 Å². The Hall–Kier alpha value is -1.49. The van der Waals surface area contributed by atoms with Gasteiger partial charge in [0.05, 0.1) is 23.9 Å². The first-order valence-corrected chi connectivity index (χ1v) is 5.15. The number of methoxy groups -OCH3 is 1. The lowest BCUT2D eigenvalue weighted by Gasteiger charge is -2.19. The number of aryl methyl sites for hydroxylation is 1. The Balaban J connectivity index is 2.26. The van der Waals surface area contributed by atoms with Crippen molar-refractivity contribution in [2.45, 2.75) is 31.3 Å². The smallest absolute Gasteiger partial charge is 0.335 e. The number of carbonyl (C=O) groups is 1. The predicted octanol–water partition coefficient (Wildman–Crippen LogP) is 0.351. The molecule has 1 fully saturated rings. The van der Waals surface area contributed by atoms with Crippen LogP contribution in [0.2, 0.25) is 0 Å².